The van der Waals surface area contributed by atoms with E-state index in [9.17, 15) is 4.79 Å². The molecule has 1 aromatic heterocycles. The van der Waals surface area contributed by atoms with E-state index in [1.165, 1.54) is 12.8 Å². The molecule has 2 N–H and O–H groups in total. The van der Waals surface area contributed by atoms with E-state index in [-0.39, 0.29) is 36.8 Å². The van der Waals surface area contributed by atoms with Gasteiger partial charge in [-0.15, -0.1) is 24.8 Å². The van der Waals surface area contributed by atoms with E-state index in [0.717, 1.165) is 18.2 Å². The number of carbonyl (C=O) groups is 1. The smallest absolute Gasteiger partial charge is 0.234 e. The van der Waals surface area contributed by atoms with Crippen LogP contribution in [0.1, 0.15) is 31.5 Å². The number of nitrogens with one attached hydrogen (secondary N) is 2. The second-order valence-corrected chi connectivity index (χ2v) is 4.62. The van der Waals surface area contributed by atoms with Crippen molar-refractivity contribution in [3.05, 3.63) is 30.1 Å². The molecule has 6 heteroatoms. The normalized spacial score (nSPS) is 14.8. The molecule has 0 saturated heterocycles. The topological polar surface area (TPSA) is 54.0 Å². The van der Waals surface area contributed by atoms with Crippen LogP contribution < -0.4 is 10.6 Å². The fraction of sp³-hybridized carbons (Fsp3) is 0.538. The molecule has 2 rings (SSSR count). The molecule has 0 spiro atoms. The Hall–Kier alpha value is -0.840. The molecule has 1 aromatic rings. The fourth-order valence-electron chi connectivity index (χ4n) is 1.71. The summed E-state index contributed by atoms with van der Waals surface area (Å²) in [5.74, 6) is 0.833. The van der Waals surface area contributed by atoms with Gasteiger partial charge in [0.15, 0.2) is 0 Å². The van der Waals surface area contributed by atoms with Crippen LogP contribution >= 0.6 is 24.8 Å². The molecule has 1 amide bonds. The van der Waals surface area contributed by atoms with Gasteiger partial charge in [0.1, 0.15) is 0 Å². The Balaban J connectivity index is 0.00000162. The van der Waals surface area contributed by atoms with Crippen molar-refractivity contribution >= 4 is 30.7 Å². The van der Waals surface area contributed by atoms with Crippen LogP contribution in [0, 0.1) is 5.92 Å². The monoisotopic (exact) mass is 305 g/mol. The van der Waals surface area contributed by atoms with E-state index in [0.29, 0.717) is 6.54 Å². The summed E-state index contributed by atoms with van der Waals surface area (Å²) < 4.78 is 0. The minimum Gasteiger partial charge on any atom is -0.347 e. The maximum Gasteiger partial charge on any atom is 0.234 e. The van der Waals surface area contributed by atoms with Crippen LogP contribution in [0.4, 0.5) is 0 Å². The molecular formula is C13H21Cl2N3O. The molecular weight excluding hydrogens is 285 g/mol. The van der Waals surface area contributed by atoms with Crippen molar-refractivity contribution in [2.75, 3.05) is 13.1 Å². The van der Waals surface area contributed by atoms with Gasteiger partial charge in [0.25, 0.3) is 0 Å². The highest BCUT2D eigenvalue weighted by atomic mass is 35.5. The molecule has 1 unspecified atom stereocenters. The van der Waals surface area contributed by atoms with Crippen LogP contribution in [0.25, 0.3) is 0 Å². The highest BCUT2D eigenvalue weighted by molar-refractivity contribution is 5.85. The maximum atomic E-state index is 11.6. The van der Waals surface area contributed by atoms with Gasteiger partial charge in [-0.3, -0.25) is 9.78 Å². The molecule has 1 aliphatic carbocycles. The molecule has 1 fully saturated rings. The van der Waals surface area contributed by atoms with Gasteiger partial charge in [0.05, 0.1) is 18.3 Å². The van der Waals surface area contributed by atoms with Gasteiger partial charge >= 0.3 is 0 Å². The maximum absolute atomic E-state index is 11.6. The Morgan fingerprint density at radius 3 is 2.74 bits per heavy atom. The van der Waals surface area contributed by atoms with Crippen LogP contribution in [0.3, 0.4) is 0 Å². The lowest BCUT2D eigenvalue weighted by molar-refractivity contribution is -0.120. The number of rotatable bonds is 6. The zero-order chi connectivity index (χ0) is 12.1. The van der Waals surface area contributed by atoms with Crippen molar-refractivity contribution in [3.63, 3.8) is 0 Å². The van der Waals surface area contributed by atoms with Gasteiger partial charge in [-0.05, 0) is 44.4 Å². The van der Waals surface area contributed by atoms with Crippen molar-refractivity contribution in [2.45, 2.75) is 25.8 Å². The van der Waals surface area contributed by atoms with Crippen molar-refractivity contribution < 1.29 is 4.79 Å². The van der Waals surface area contributed by atoms with Crippen LogP contribution in [-0.2, 0) is 4.79 Å². The van der Waals surface area contributed by atoms with E-state index in [2.05, 4.69) is 15.6 Å². The zero-order valence-electron chi connectivity index (χ0n) is 11.0. The minimum absolute atomic E-state index is 0. The summed E-state index contributed by atoms with van der Waals surface area (Å²) >= 11 is 0. The number of hydrogen-bond donors (Lipinski definition) is 2. The summed E-state index contributed by atoms with van der Waals surface area (Å²) in [5, 5.41) is 6.10. The number of nitrogens with zero attached hydrogens (tertiary/aromatic N) is 1. The van der Waals surface area contributed by atoms with Gasteiger partial charge < -0.3 is 10.6 Å². The first kappa shape index (κ1) is 18.2. The Morgan fingerprint density at radius 1 is 1.42 bits per heavy atom. The lowest BCUT2D eigenvalue weighted by Gasteiger charge is -2.13. The average molecular weight is 306 g/mol. The summed E-state index contributed by atoms with van der Waals surface area (Å²) in [6.45, 7) is 3.31. The molecule has 0 aromatic carbocycles. The van der Waals surface area contributed by atoms with Gasteiger partial charge in [0.2, 0.25) is 5.91 Å². The Labute approximate surface area is 126 Å². The quantitative estimate of drug-likeness (QED) is 0.846. The van der Waals surface area contributed by atoms with Gasteiger partial charge in [-0.2, -0.15) is 0 Å². The average Bonchev–Trinajstić information content (AvgIpc) is 3.14. The molecule has 4 nitrogen and oxygen atoms in total. The van der Waals surface area contributed by atoms with E-state index in [4.69, 9.17) is 0 Å². The summed E-state index contributed by atoms with van der Waals surface area (Å²) in [6, 6.07) is 5.68. The number of halogens is 2. The number of carbonyl (C=O) groups excluding carboxylic acids is 1. The molecule has 1 saturated carbocycles. The second kappa shape index (κ2) is 9.13. The van der Waals surface area contributed by atoms with Gasteiger partial charge in [0, 0.05) is 6.20 Å². The Bertz CT molecular complexity index is 371. The first-order chi connectivity index (χ1) is 8.25. The van der Waals surface area contributed by atoms with Crippen LogP contribution in [-0.4, -0.2) is 24.0 Å². The first-order valence-electron chi connectivity index (χ1n) is 6.16. The standard InChI is InChI=1S/C13H19N3O.2ClH/c1-10(12-4-2-3-7-15-12)16-13(17)9-14-8-11-5-6-11;;/h2-4,7,10-11,14H,5-6,8-9H2,1H3,(H,16,17);2*1H. The number of hydrogen-bond acceptors (Lipinski definition) is 3. The molecule has 108 valence electrons. The lowest BCUT2D eigenvalue weighted by Crippen LogP contribution is -2.36. The van der Waals surface area contributed by atoms with Crippen molar-refractivity contribution in [1.82, 2.24) is 15.6 Å². The number of aromatic nitrogens is 1. The molecule has 0 radical (unpaired) electrons. The van der Waals surface area contributed by atoms with Gasteiger partial charge in [-0.1, -0.05) is 6.07 Å². The molecule has 0 aliphatic heterocycles. The predicted molar refractivity (Wildman–Crippen MR) is 80.9 cm³/mol. The summed E-state index contributed by atoms with van der Waals surface area (Å²) in [4.78, 5) is 15.8. The van der Waals surface area contributed by atoms with E-state index >= 15 is 0 Å². The summed E-state index contributed by atoms with van der Waals surface area (Å²) in [6.07, 6.45) is 4.35. The summed E-state index contributed by atoms with van der Waals surface area (Å²) in [5.41, 5.74) is 0.892. The first-order valence-corrected chi connectivity index (χ1v) is 6.16. The fourth-order valence-corrected chi connectivity index (χ4v) is 1.71. The lowest BCUT2D eigenvalue weighted by atomic mass is 10.2. The van der Waals surface area contributed by atoms with Gasteiger partial charge in [-0.25, -0.2) is 0 Å². The predicted octanol–water partition coefficient (Wildman–Crippen LogP) is 2.10. The SMILES string of the molecule is CC(NC(=O)CNCC1CC1)c1ccccn1.Cl.Cl. The highest BCUT2D eigenvalue weighted by Crippen LogP contribution is 2.27. The van der Waals surface area contributed by atoms with Crippen LogP contribution in [0.5, 0.6) is 0 Å². The third-order valence-electron chi connectivity index (χ3n) is 2.92. The molecule has 1 aliphatic rings. The van der Waals surface area contributed by atoms with Crippen LogP contribution in [0.15, 0.2) is 24.4 Å². The number of pyridine rings is 1. The largest absolute Gasteiger partial charge is 0.347 e. The molecule has 1 heterocycles. The van der Waals surface area contributed by atoms with E-state index in [1.54, 1.807) is 6.20 Å². The zero-order valence-corrected chi connectivity index (χ0v) is 12.6. The highest BCUT2D eigenvalue weighted by Gasteiger charge is 2.20. The Morgan fingerprint density at radius 2 is 2.16 bits per heavy atom. The molecule has 19 heavy (non-hydrogen) atoms. The van der Waals surface area contributed by atoms with E-state index < -0.39 is 0 Å². The second-order valence-electron chi connectivity index (χ2n) is 4.62. The summed E-state index contributed by atoms with van der Waals surface area (Å²) in [7, 11) is 0. The molecule has 0 bridgehead atoms. The Kier molecular flexibility index (Phi) is 8.72. The molecule has 1 atom stereocenters. The third kappa shape index (κ3) is 6.76. The van der Waals surface area contributed by atoms with Crippen LogP contribution in [0.2, 0.25) is 0 Å². The number of amides is 1. The van der Waals surface area contributed by atoms with Crippen molar-refractivity contribution in [1.29, 1.82) is 0 Å². The van der Waals surface area contributed by atoms with Crippen molar-refractivity contribution in [2.24, 2.45) is 5.92 Å². The minimum atomic E-state index is -0.0357. The van der Waals surface area contributed by atoms with E-state index in [1.807, 2.05) is 25.1 Å². The van der Waals surface area contributed by atoms with Crippen molar-refractivity contribution in [3.8, 4) is 0 Å². The third-order valence-corrected chi connectivity index (χ3v) is 2.92.